The van der Waals surface area contributed by atoms with E-state index < -0.39 is 0 Å². The molecule has 0 spiro atoms. The molecule has 0 aromatic heterocycles. The van der Waals surface area contributed by atoms with Crippen LogP contribution in [-0.2, 0) is 47.4 Å². The van der Waals surface area contributed by atoms with Crippen molar-refractivity contribution in [2.75, 3.05) is 26.4 Å². The average Bonchev–Trinajstić information content (AvgIpc) is 2.93. The fourth-order valence-electron chi connectivity index (χ4n) is 3.05. The van der Waals surface area contributed by atoms with Crippen LogP contribution in [0.15, 0.2) is 121 Å². The van der Waals surface area contributed by atoms with E-state index in [4.69, 9.17) is 0 Å². The van der Waals surface area contributed by atoms with E-state index in [0.29, 0.717) is 25.7 Å². The van der Waals surface area contributed by atoms with Gasteiger partial charge in [-0.25, -0.2) is 0 Å². The molecule has 0 amide bonds. The van der Waals surface area contributed by atoms with Gasteiger partial charge in [0.05, 0.1) is 0 Å². The number of hydrogen-bond donors (Lipinski definition) is 0. The fourth-order valence-corrected chi connectivity index (χ4v) is 3.05. The maximum atomic E-state index is 10.1. The normalized spacial score (nSPS) is 9.19. The maximum absolute atomic E-state index is 10.1. The van der Waals surface area contributed by atoms with E-state index in [-0.39, 0.29) is 48.1 Å². The topological polar surface area (TPSA) is 92.2 Å². The van der Waals surface area contributed by atoms with Gasteiger partial charge in [-0.2, -0.15) is 0 Å². The van der Waals surface area contributed by atoms with Crippen LogP contribution in [0.5, 0.6) is 0 Å². The molecule has 0 aliphatic rings. The first-order chi connectivity index (χ1) is 17.7. The third kappa shape index (κ3) is 19.2. The molecule has 4 rings (SSSR count). The molecule has 37 heavy (non-hydrogen) atoms. The van der Waals surface area contributed by atoms with Crippen LogP contribution in [0, 0.1) is 0 Å². The minimum Gasteiger partial charge on any atom is -0.854 e. The van der Waals surface area contributed by atoms with Gasteiger partial charge in [-0.1, -0.05) is 121 Å². The predicted octanol–water partition coefficient (Wildman–Crippen LogP) is 2.36. The van der Waals surface area contributed by atoms with Gasteiger partial charge in [-0.3, -0.25) is 0 Å². The summed E-state index contributed by atoms with van der Waals surface area (Å²) in [6.45, 7) is -0.0396. The molecular formula is C32H36O4Ti. The Morgan fingerprint density at radius 1 is 0.297 bits per heavy atom. The van der Waals surface area contributed by atoms with Crippen LogP contribution in [0.25, 0.3) is 0 Å². The molecule has 5 heteroatoms. The molecule has 0 unspecified atom stereocenters. The Kier molecular flexibility index (Phi) is 23.4. The second-order valence-electron chi connectivity index (χ2n) is 7.76. The third-order valence-electron chi connectivity index (χ3n) is 4.93. The second kappa shape index (κ2) is 25.1. The molecule has 0 aliphatic carbocycles. The van der Waals surface area contributed by atoms with E-state index in [1.807, 2.05) is 121 Å². The standard InChI is InChI=1S/4C8H9O.Ti/c4*9-7-6-8-4-2-1-3-5-8;/h4*1-5H,6-7H2;/q4*-1;+4. The zero-order chi connectivity index (χ0) is 26.1. The van der Waals surface area contributed by atoms with Gasteiger partial charge in [0.2, 0.25) is 0 Å². The molecule has 4 aromatic carbocycles. The van der Waals surface area contributed by atoms with Gasteiger partial charge in [0.1, 0.15) is 0 Å². The van der Waals surface area contributed by atoms with E-state index in [1.165, 1.54) is 0 Å². The van der Waals surface area contributed by atoms with E-state index in [0.717, 1.165) is 22.3 Å². The fraction of sp³-hybridized carbons (Fsp3) is 0.250. The largest absolute Gasteiger partial charge is 4.00 e. The molecular weight excluding hydrogens is 496 g/mol. The molecule has 0 atom stereocenters. The molecule has 0 saturated heterocycles. The number of hydrogen-bond acceptors (Lipinski definition) is 4. The van der Waals surface area contributed by atoms with Crippen molar-refractivity contribution in [1.29, 1.82) is 0 Å². The molecule has 0 bridgehead atoms. The van der Waals surface area contributed by atoms with E-state index in [1.54, 1.807) is 0 Å². The van der Waals surface area contributed by atoms with E-state index in [9.17, 15) is 20.4 Å². The summed E-state index contributed by atoms with van der Waals surface area (Å²) in [7, 11) is 0. The van der Waals surface area contributed by atoms with Gasteiger partial charge < -0.3 is 20.4 Å². The van der Waals surface area contributed by atoms with Crippen molar-refractivity contribution < 1.29 is 42.1 Å². The SMILES string of the molecule is [O-]CCc1ccccc1.[O-]CCc1ccccc1.[O-]CCc1ccccc1.[O-]CCc1ccccc1.[Ti+4]. The summed E-state index contributed by atoms with van der Waals surface area (Å²) in [6.07, 6.45) is 2.61. The molecule has 0 aliphatic heterocycles. The van der Waals surface area contributed by atoms with Crippen molar-refractivity contribution in [3.05, 3.63) is 144 Å². The van der Waals surface area contributed by atoms with Crippen LogP contribution in [0.2, 0.25) is 0 Å². The van der Waals surface area contributed by atoms with Crippen molar-refractivity contribution in [3.63, 3.8) is 0 Å². The number of rotatable bonds is 8. The third-order valence-corrected chi connectivity index (χ3v) is 4.93. The maximum Gasteiger partial charge on any atom is 4.00 e. The van der Waals surface area contributed by atoms with E-state index >= 15 is 0 Å². The molecule has 0 heterocycles. The van der Waals surface area contributed by atoms with Crippen LogP contribution in [0.1, 0.15) is 22.3 Å². The Bertz CT molecular complexity index is 803. The van der Waals surface area contributed by atoms with Crippen LogP contribution in [0.3, 0.4) is 0 Å². The first-order valence-corrected chi connectivity index (χ1v) is 12.2. The second-order valence-corrected chi connectivity index (χ2v) is 7.76. The Hall–Kier alpha value is -2.57. The van der Waals surface area contributed by atoms with Crippen LogP contribution in [0.4, 0.5) is 0 Å². The van der Waals surface area contributed by atoms with Crippen LogP contribution < -0.4 is 20.4 Å². The van der Waals surface area contributed by atoms with E-state index in [2.05, 4.69) is 0 Å². The summed E-state index contributed by atoms with van der Waals surface area (Å²) in [6, 6.07) is 39.2. The molecule has 4 nitrogen and oxygen atoms in total. The van der Waals surface area contributed by atoms with Crippen molar-refractivity contribution in [2.24, 2.45) is 0 Å². The van der Waals surface area contributed by atoms with Crippen LogP contribution in [-0.4, -0.2) is 26.4 Å². The molecule has 0 N–H and O–H groups in total. The Morgan fingerprint density at radius 2 is 0.459 bits per heavy atom. The average molecular weight is 533 g/mol. The monoisotopic (exact) mass is 532 g/mol. The minimum absolute atomic E-state index is 0. The van der Waals surface area contributed by atoms with Gasteiger partial charge in [-0.05, 0) is 47.9 Å². The Labute approximate surface area is 237 Å². The Balaban J connectivity index is 0.000000463. The molecule has 192 valence electrons. The molecule has 0 saturated carbocycles. The molecule has 0 radical (unpaired) electrons. The quantitative estimate of drug-likeness (QED) is 0.326. The van der Waals surface area contributed by atoms with Crippen molar-refractivity contribution >= 4 is 0 Å². The minimum atomic E-state index is -0.00991. The summed E-state index contributed by atoms with van der Waals surface area (Å²) >= 11 is 0. The molecule has 0 fully saturated rings. The van der Waals surface area contributed by atoms with Gasteiger partial charge in [-0.15, -0.1) is 26.4 Å². The summed E-state index contributed by atoms with van der Waals surface area (Å²) in [5.74, 6) is 0. The summed E-state index contributed by atoms with van der Waals surface area (Å²) in [5, 5.41) is 40.4. The van der Waals surface area contributed by atoms with Gasteiger partial charge in [0.25, 0.3) is 0 Å². The smallest absolute Gasteiger partial charge is 0.854 e. The summed E-state index contributed by atoms with van der Waals surface area (Å²) in [4.78, 5) is 0. The first kappa shape index (κ1) is 34.4. The van der Waals surface area contributed by atoms with Crippen molar-refractivity contribution in [3.8, 4) is 0 Å². The Morgan fingerprint density at radius 3 is 0.595 bits per heavy atom. The van der Waals surface area contributed by atoms with Gasteiger partial charge in [0.15, 0.2) is 0 Å². The van der Waals surface area contributed by atoms with Gasteiger partial charge in [0, 0.05) is 0 Å². The zero-order valence-corrected chi connectivity index (χ0v) is 22.9. The van der Waals surface area contributed by atoms with Gasteiger partial charge >= 0.3 is 21.7 Å². The van der Waals surface area contributed by atoms with Crippen LogP contribution >= 0.6 is 0 Å². The van der Waals surface area contributed by atoms with Crippen molar-refractivity contribution in [2.45, 2.75) is 25.7 Å². The summed E-state index contributed by atoms with van der Waals surface area (Å²) in [5.41, 5.74) is 4.53. The van der Waals surface area contributed by atoms with Crippen molar-refractivity contribution in [1.82, 2.24) is 0 Å². The number of benzene rings is 4. The molecule has 4 aromatic rings. The predicted molar refractivity (Wildman–Crippen MR) is 140 cm³/mol. The summed E-state index contributed by atoms with van der Waals surface area (Å²) < 4.78 is 0. The first-order valence-electron chi connectivity index (χ1n) is 12.2. The zero-order valence-electron chi connectivity index (χ0n) is 21.3.